The van der Waals surface area contributed by atoms with Crippen molar-refractivity contribution >= 4 is 11.7 Å². The molecule has 0 spiro atoms. The number of ether oxygens (including phenoxy) is 1. The number of amides is 1. The molecule has 6 nitrogen and oxygen atoms in total. The van der Waals surface area contributed by atoms with Crippen molar-refractivity contribution in [1.29, 1.82) is 0 Å². The van der Waals surface area contributed by atoms with Crippen molar-refractivity contribution in [2.75, 3.05) is 24.6 Å². The molecule has 1 N–H and O–H groups in total. The Morgan fingerprint density at radius 2 is 2.43 bits per heavy atom. The number of hydrogen-bond acceptors (Lipinski definition) is 5. The van der Waals surface area contributed by atoms with Gasteiger partial charge in [-0.25, -0.2) is 9.97 Å². The van der Waals surface area contributed by atoms with Gasteiger partial charge in [0.05, 0.1) is 19.2 Å². The number of anilines is 1. The average molecular weight is 288 g/mol. The summed E-state index contributed by atoms with van der Waals surface area (Å²) in [6.45, 7) is 4.01. The first-order valence-electron chi connectivity index (χ1n) is 7.63. The number of morpholine rings is 1. The van der Waals surface area contributed by atoms with E-state index in [1.807, 2.05) is 13.0 Å². The smallest absolute Gasteiger partial charge is 0.223 e. The van der Waals surface area contributed by atoms with E-state index in [1.54, 1.807) is 6.20 Å². The van der Waals surface area contributed by atoms with Crippen LogP contribution >= 0.6 is 0 Å². The maximum absolute atomic E-state index is 11.8. The molecule has 2 unspecified atom stereocenters. The van der Waals surface area contributed by atoms with Gasteiger partial charge in [0.1, 0.15) is 17.2 Å². The number of carbonyl (C=O) groups is 1. The van der Waals surface area contributed by atoms with Gasteiger partial charge in [0.15, 0.2) is 0 Å². The highest BCUT2D eigenvalue weighted by Gasteiger charge is 2.51. The van der Waals surface area contributed by atoms with Crippen LogP contribution in [0.3, 0.4) is 0 Å². The fourth-order valence-corrected chi connectivity index (χ4v) is 3.36. The molecular weight excluding hydrogens is 268 g/mol. The summed E-state index contributed by atoms with van der Waals surface area (Å²) in [6, 6.07) is 2.31. The topological polar surface area (TPSA) is 67.4 Å². The molecule has 1 aliphatic carbocycles. The molecular formula is C15H20N4O2. The van der Waals surface area contributed by atoms with Crippen LogP contribution in [0.5, 0.6) is 0 Å². The van der Waals surface area contributed by atoms with E-state index in [4.69, 9.17) is 4.74 Å². The Hall–Kier alpha value is -1.69. The van der Waals surface area contributed by atoms with Gasteiger partial charge in [0.25, 0.3) is 0 Å². The summed E-state index contributed by atoms with van der Waals surface area (Å²) in [7, 11) is 0. The lowest BCUT2D eigenvalue weighted by atomic mass is 10.0. The summed E-state index contributed by atoms with van der Waals surface area (Å²) in [5, 5.41) is 3.06. The summed E-state index contributed by atoms with van der Waals surface area (Å²) < 4.78 is 5.97. The van der Waals surface area contributed by atoms with Gasteiger partial charge in [-0.1, -0.05) is 0 Å². The minimum absolute atomic E-state index is 0.188. The number of aryl methyl sites for hydroxylation is 1. The second-order valence-corrected chi connectivity index (χ2v) is 6.43. The Morgan fingerprint density at radius 1 is 1.57 bits per heavy atom. The summed E-state index contributed by atoms with van der Waals surface area (Å²) in [5.74, 6) is 2.19. The predicted molar refractivity (Wildman–Crippen MR) is 76.9 cm³/mol. The van der Waals surface area contributed by atoms with Crippen molar-refractivity contribution in [3.05, 3.63) is 18.1 Å². The summed E-state index contributed by atoms with van der Waals surface area (Å²) in [4.78, 5) is 22.8. The Morgan fingerprint density at radius 3 is 3.19 bits per heavy atom. The van der Waals surface area contributed by atoms with Gasteiger partial charge in [0.2, 0.25) is 5.91 Å². The van der Waals surface area contributed by atoms with Crippen molar-refractivity contribution in [3.8, 4) is 0 Å². The Bertz CT molecular complexity index is 575. The van der Waals surface area contributed by atoms with Gasteiger partial charge in [0, 0.05) is 25.1 Å². The maximum atomic E-state index is 11.8. The Labute approximate surface area is 123 Å². The van der Waals surface area contributed by atoms with Crippen molar-refractivity contribution < 1.29 is 9.53 Å². The van der Waals surface area contributed by atoms with Gasteiger partial charge in [-0.3, -0.25) is 4.79 Å². The molecule has 1 aromatic heterocycles. The fraction of sp³-hybridized carbons (Fsp3) is 0.667. The molecule has 112 valence electrons. The summed E-state index contributed by atoms with van der Waals surface area (Å²) >= 11 is 0. The molecule has 2 bridgehead atoms. The van der Waals surface area contributed by atoms with Crippen LogP contribution in [0.1, 0.15) is 25.1 Å². The number of hydrogen-bond donors (Lipinski definition) is 1. The first-order chi connectivity index (χ1) is 10.2. The van der Waals surface area contributed by atoms with E-state index in [-0.39, 0.29) is 17.4 Å². The predicted octanol–water partition coefficient (Wildman–Crippen LogP) is 0.659. The van der Waals surface area contributed by atoms with Crippen molar-refractivity contribution in [3.63, 3.8) is 0 Å². The van der Waals surface area contributed by atoms with Crippen molar-refractivity contribution in [2.45, 2.75) is 37.8 Å². The molecule has 3 fully saturated rings. The third-order valence-electron chi connectivity index (χ3n) is 4.68. The van der Waals surface area contributed by atoms with Gasteiger partial charge in [-0.05, 0) is 25.8 Å². The minimum Gasteiger partial charge on any atom is -0.369 e. The third kappa shape index (κ3) is 2.37. The number of rotatable bonds is 4. The lowest BCUT2D eigenvalue weighted by molar-refractivity contribution is -0.123. The van der Waals surface area contributed by atoms with E-state index < -0.39 is 0 Å². The molecule has 6 heteroatoms. The summed E-state index contributed by atoms with van der Waals surface area (Å²) in [6.07, 6.45) is 4.83. The van der Waals surface area contributed by atoms with E-state index >= 15 is 0 Å². The molecule has 0 aromatic carbocycles. The van der Waals surface area contributed by atoms with Gasteiger partial charge in [-0.15, -0.1) is 0 Å². The molecule has 2 aliphatic heterocycles. The zero-order valence-electron chi connectivity index (χ0n) is 12.2. The van der Waals surface area contributed by atoms with Crippen LogP contribution in [0, 0.1) is 12.8 Å². The zero-order valence-corrected chi connectivity index (χ0v) is 12.2. The highest BCUT2D eigenvalue weighted by Crippen LogP contribution is 2.39. The van der Waals surface area contributed by atoms with Crippen molar-refractivity contribution in [1.82, 2.24) is 15.3 Å². The van der Waals surface area contributed by atoms with E-state index in [1.165, 1.54) is 0 Å². The monoisotopic (exact) mass is 288 g/mol. The number of aromatic nitrogens is 2. The maximum Gasteiger partial charge on any atom is 0.223 e. The molecule has 3 heterocycles. The number of nitrogens with one attached hydrogen (secondary N) is 1. The average Bonchev–Trinajstić information content (AvgIpc) is 3.17. The Kier molecular flexibility index (Phi) is 2.89. The number of carbonyl (C=O) groups excluding carboxylic acids is 1. The first-order valence-corrected chi connectivity index (χ1v) is 7.63. The molecule has 0 radical (unpaired) electrons. The largest absolute Gasteiger partial charge is 0.369 e. The van der Waals surface area contributed by atoms with Gasteiger partial charge < -0.3 is 15.0 Å². The standard InChI is InChI=1S/C15H20N4O2/c1-10-16-5-4-13(18-10)19-9-15(6-12(19)7-21-15)8-17-14(20)11-2-3-11/h4-5,11-12H,2-3,6-9H2,1H3,(H,17,20). The highest BCUT2D eigenvalue weighted by molar-refractivity contribution is 5.80. The molecule has 1 aromatic rings. The quantitative estimate of drug-likeness (QED) is 0.881. The minimum atomic E-state index is -0.242. The third-order valence-corrected chi connectivity index (χ3v) is 4.68. The lowest BCUT2D eigenvalue weighted by Gasteiger charge is -2.33. The molecule has 2 saturated heterocycles. The lowest BCUT2D eigenvalue weighted by Crippen LogP contribution is -2.49. The van der Waals surface area contributed by atoms with E-state index in [0.717, 1.165) is 37.4 Å². The Balaban J connectivity index is 1.45. The van der Waals surface area contributed by atoms with Crippen LogP contribution in [0.25, 0.3) is 0 Å². The van der Waals surface area contributed by atoms with Crippen LogP contribution in [0.15, 0.2) is 12.3 Å². The molecule has 1 saturated carbocycles. The molecule has 4 rings (SSSR count). The van der Waals surface area contributed by atoms with Crippen molar-refractivity contribution in [2.24, 2.45) is 5.92 Å². The SMILES string of the molecule is Cc1nccc(N2CC3(CNC(=O)C4CC4)CC2CO3)n1. The zero-order chi connectivity index (χ0) is 14.4. The molecule has 2 atom stereocenters. The van der Waals surface area contributed by atoms with Gasteiger partial charge >= 0.3 is 0 Å². The van der Waals surface area contributed by atoms with E-state index in [2.05, 4.69) is 20.2 Å². The van der Waals surface area contributed by atoms with Crippen LogP contribution in [-0.4, -0.2) is 47.2 Å². The highest BCUT2D eigenvalue weighted by atomic mass is 16.5. The van der Waals surface area contributed by atoms with Crippen LogP contribution < -0.4 is 10.2 Å². The van der Waals surface area contributed by atoms with E-state index in [9.17, 15) is 4.79 Å². The molecule has 1 amide bonds. The van der Waals surface area contributed by atoms with Crippen LogP contribution in [0.2, 0.25) is 0 Å². The van der Waals surface area contributed by atoms with Crippen LogP contribution in [-0.2, 0) is 9.53 Å². The number of nitrogens with zero attached hydrogens (tertiary/aromatic N) is 3. The normalized spacial score (nSPS) is 30.7. The van der Waals surface area contributed by atoms with E-state index in [0.29, 0.717) is 19.2 Å². The molecule has 21 heavy (non-hydrogen) atoms. The fourth-order valence-electron chi connectivity index (χ4n) is 3.36. The molecule has 3 aliphatic rings. The number of fused-ring (bicyclic) bond motifs is 2. The summed E-state index contributed by atoms with van der Waals surface area (Å²) in [5.41, 5.74) is -0.242. The second-order valence-electron chi connectivity index (χ2n) is 6.43. The second kappa shape index (κ2) is 4.66. The first kappa shape index (κ1) is 13.0. The van der Waals surface area contributed by atoms with Gasteiger partial charge in [-0.2, -0.15) is 0 Å². The van der Waals surface area contributed by atoms with Crippen LogP contribution in [0.4, 0.5) is 5.82 Å².